The van der Waals surface area contributed by atoms with Crippen molar-refractivity contribution in [2.24, 2.45) is 0 Å². The van der Waals surface area contributed by atoms with Crippen LogP contribution in [0.1, 0.15) is 16.7 Å². The highest BCUT2D eigenvalue weighted by molar-refractivity contribution is 7.91. The molecule has 106 valence electrons. The highest BCUT2D eigenvalue weighted by atomic mass is 32.2. The molecule has 0 atom stereocenters. The number of benzene rings is 1. The smallest absolute Gasteiger partial charge is 0.253 e. The van der Waals surface area contributed by atoms with Gasteiger partial charge < -0.3 is 5.32 Å². The Bertz CT molecular complexity index is 697. The Balaban J connectivity index is 1.86. The van der Waals surface area contributed by atoms with Crippen molar-refractivity contribution in [2.45, 2.75) is 23.8 Å². The Morgan fingerprint density at radius 1 is 1.25 bits per heavy atom. The largest absolute Gasteiger partial charge is 0.316 e. The lowest BCUT2D eigenvalue weighted by molar-refractivity contribution is 0.433. The molecule has 1 aromatic heterocycles. The molecule has 1 aliphatic heterocycles. The average Bonchev–Trinajstić information content (AvgIpc) is 3.05. The van der Waals surface area contributed by atoms with Crippen molar-refractivity contribution >= 4 is 21.4 Å². The molecule has 0 radical (unpaired) electrons. The van der Waals surface area contributed by atoms with E-state index in [4.69, 9.17) is 0 Å². The van der Waals surface area contributed by atoms with Gasteiger partial charge in [0.25, 0.3) is 10.0 Å². The predicted octanol–water partition coefficient (Wildman–Crippen LogP) is 2.17. The van der Waals surface area contributed by atoms with Crippen LogP contribution in [-0.4, -0.2) is 19.8 Å². The highest BCUT2D eigenvalue weighted by Gasteiger charge is 2.31. The molecule has 1 aromatic carbocycles. The van der Waals surface area contributed by atoms with Crippen molar-refractivity contribution in [3.05, 3.63) is 52.4 Å². The molecule has 1 aliphatic rings. The van der Waals surface area contributed by atoms with Crippen LogP contribution in [-0.2, 0) is 29.7 Å². The number of thiophene rings is 1. The Kier molecular flexibility index (Phi) is 3.64. The fourth-order valence-corrected chi connectivity index (χ4v) is 5.14. The van der Waals surface area contributed by atoms with Crippen LogP contribution in [0.25, 0.3) is 0 Å². The monoisotopic (exact) mass is 308 g/mol. The second kappa shape index (κ2) is 5.29. The van der Waals surface area contributed by atoms with Crippen LogP contribution in [0, 0.1) is 0 Å². The molecule has 0 saturated carbocycles. The van der Waals surface area contributed by atoms with E-state index in [0.29, 0.717) is 23.8 Å². The third-order valence-electron chi connectivity index (χ3n) is 3.42. The summed E-state index contributed by atoms with van der Waals surface area (Å²) in [7, 11) is -1.53. The zero-order valence-electron chi connectivity index (χ0n) is 11.2. The minimum Gasteiger partial charge on any atom is -0.316 e. The maximum Gasteiger partial charge on any atom is 0.253 e. The van der Waals surface area contributed by atoms with E-state index in [1.807, 2.05) is 36.7 Å². The maximum absolute atomic E-state index is 12.6. The Morgan fingerprint density at radius 2 is 1.90 bits per heavy atom. The highest BCUT2D eigenvalue weighted by Crippen LogP contribution is 2.31. The first kappa shape index (κ1) is 13.8. The van der Waals surface area contributed by atoms with Gasteiger partial charge in [-0.3, -0.25) is 0 Å². The van der Waals surface area contributed by atoms with Crippen LogP contribution in [0.5, 0.6) is 0 Å². The maximum atomic E-state index is 12.6. The molecule has 2 heterocycles. The fourth-order valence-electron chi connectivity index (χ4n) is 2.38. The van der Waals surface area contributed by atoms with Crippen molar-refractivity contribution in [3.8, 4) is 0 Å². The summed E-state index contributed by atoms with van der Waals surface area (Å²) in [4.78, 5) is 0. The van der Waals surface area contributed by atoms with Gasteiger partial charge in [0, 0.05) is 19.6 Å². The molecule has 0 bridgehead atoms. The molecule has 0 spiro atoms. The van der Waals surface area contributed by atoms with Gasteiger partial charge in [-0.1, -0.05) is 24.3 Å². The third kappa shape index (κ3) is 2.40. The summed E-state index contributed by atoms with van der Waals surface area (Å²) in [5, 5.41) is 4.93. The summed E-state index contributed by atoms with van der Waals surface area (Å²) in [6, 6.07) is 9.65. The van der Waals surface area contributed by atoms with Gasteiger partial charge in [0.05, 0.1) is 0 Å². The van der Waals surface area contributed by atoms with E-state index < -0.39 is 10.0 Å². The van der Waals surface area contributed by atoms with E-state index in [9.17, 15) is 8.42 Å². The number of nitrogens with one attached hydrogen (secondary N) is 1. The molecule has 20 heavy (non-hydrogen) atoms. The lowest BCUT2D eigenvalue weighted by Gasteiger charge is -2.13. The first-order valence-electron chi connectivity index (χ1n) is 6.40. The molecule has 1 N–H and O–H groups in total. The van der Waals surface area contributed by atoms with Gasteiger partial charge in [-0.25, -0.2) is 8.42 Å². The van der Waals surface area contributed by atoms with Crippen LogP contribution < -0.4 is 5.32 Å². The van der Waals surface area contributed by atoms with Crippen LogP contribution in [0.4, 0.5) is 0 Å². The first-order chi connectivity index (χ1) is 9.61. The molecule has 2 aromatic rings. The zero-order valence-corrected chi connectivity index (χ0v) is 12.8. The molecule has 6 heteroatoms. The van der Waals surface area contributed by atoms with E-state index in [0.717, 1.165) is 16.7 Å². The number of nitrogens with zero attached hydrogens (tertiary/aromatic N) is 1. The van der Waals surface area contributed by atoms with Crippen molar-refractivity contribution in [2.75, 3.05) is 7.05 Å². The quantitative estimate of drug-likeness (QED) is 0.942. The summed E-state index contributed by atoms with van der Waals surface area (Å²) in [6.07, 6.45) is 0. The number of sulfonamides is 1. The molecule has 0 fully saturated rings. The van der Waals surface area contributed by atoms with Gasteiger partial charge in [-0.05, 0) is 35.2 Å². The van der Waals surface area contributed by atoms with Gasteiger partial charge in [-0.2, -0.15) is 4.31 Å². The Morgan fingerprint density at radius 3 is 2.50 bits per heavy atom. The topological polar surface area (TPSA) is 49.4 Å². The van der Waals surface area contributed by atoms with Crippen molar-refractivity contribution in [3.63, 3.8) is 0 Å². The lowest BCUT2D eigenvalue weighted by atomic mass is 10.1. The van der Waals surface area contributed by atoms with Gasteiger partial charge in [0.2, 0.25) is 0 Å². The minimum absolute atomic E-state index is 0.426. The number of rotatable bonds is 4. The second-order valence-corrected chi connectivity index (χ2v) is 7.92. The number of hydrogen-bond acceptors (Lipinski definition) is 4. The Labute approximate surface area is 123 Å². The van der Waals surface area contributed by atoms with Crippen molar-refractivity contribution < 1.29 is 8.42 Å². The van der Waals surface area contributed by atoms with Gasteiger partial charge >= 0.3 is 0 Å². The van der Waals surface area contributed by atoms with E-state index in [1.165, 1.54) is 11.3 Å². The van der Waals surface area contributed by atoms with Crippen LogP contribution in [0.15, 0.2) is 39.9 Å². The Hall–Kier alpha value is -1.21. The fraction of sp³-hybridized carbons (Fsp3) is 0.286. The van der Waals surface area contributed by atoms with Gasteiger partial charge in [0.1, 0.15) is 4.21 Å². The second-order valence-electron chi connectivity index (χ2n) is 4.85. The molecule has 4 nitrogen and oxygen atoms in total. The summed E-state index contributed by atoms with van der Waals surface area (Å²) in [6.45, 7) is 1.63. The molecular formula is C14H16N2O2S2. The normalized spacial score (nSPS) is 15.4. The molecule has 0 saturated heterocycles. The van der Waals surface area contributed by atoms with Crippen LogP contribution in [0.3, 0.4) is 0 Å². The van der Waals surface area contributed by atoms with Crippen LogP contribution >= 0.6 is 11.3 Å². The van der Waals surface area contributed by atoms with Crippen LogP contribution in [0.2, 0.25) is 0 Å². The molecule has 0 amide bonds. The molecule has 0 unspecified atom stereocenters. The molecular weight excluding hydrogens is 292 g/mol. The third-order valence-corrected chi connectivity index (χ3v) is 6.67. The standard InChI is InChI=1S/C14H16N2O2S2/c1-15-7-11-6-14(19-10-11)20(17,18)16-8-12-4-2-3-5-13(12)9-16/h2-6,10,15H,7-9H2,1H3. The van der Waals surface area contributed by atoms with Crippen molar-refractivity contribution in [1.29, 1.82) is 0 Å². The summed E-state index contributed by atoms with van der Waals surface area (Å²) >= 11 is 1.29. The molecule has 3 rings (SSSR count). The summed E-state index contributed by atoms with van der Waals surface area (Å²) in [5.74, 6) is 0. The number of hydrogen-bond donors (Lipinski definition) is 1. The van der Waals surface area contributed by atoms with Gasteiger partial charge in [0.15, 0.2) is 0 Å². The van der Waals surface area contributed by atoms with E-state index in [2.05, 4.69) is 5.32 Å². The SMILES string of the molecule is CNCc1csc(S(=O)(=O)N2Cc3ccccc3C2)c1. The van der Waals surface area contributed by atoms with E-state index in [-0.39, 0.29) is 0 Å². The van der Waals surface area contributed by atoms with Crippen molar-refractivity contribution in [1.82, 2.24) is 9.62 Å². The lowest BCUT2D eigenvalue weighted by Crippen LogP contribution is -2.24. The van der Waals surface area contributed by atoms with E-state index in [1.54, 1.807) is 10.4 Å². The predicted molar refractivity (Wildman–Crippen MR) is 80.0 cm³/mol. The summed E-state index contributed by atoms with van der Waals surface area (Å²) < 4.78 is 27.2. The minimum atomic E-state index is -3.38. The van der Waals surface area contributed by atoms with E-state index >= 15 is 0 Å². The zero-order chi connectivity index (χ0) is 14.2. The molecule has 0 aliphatic carbocycles. The summed E-state index contributed by atoms with van der Waals surface area (Å²) in [5.41, 5.74) is 3.21. The first-order valence-corrected chi connectivity index (χ1v) is 8.72. The average molecular weight is 308 g/mol. The van der Waals surface area contributed by atoms with Gasteiger partial charge in [-0.15, -0.1) is 11.3 Å². The number of fused-ring (bicyclic) bond motifs is 1.